The second kappa shape index (κ2) is 6.26. The number of rotatable bonds is 4. The van der Waals surface area contributed by atoms with Gasteiger partial charge in [-0.15, -0.1) is 0 Å². The van der Waals surface area contributed by atoms with E-state index in [-0.39, 0.29) is 18.4 Å². The Labute approximate surface area is 125 Å². The maximum Gasteiger partial charge on any atom is 0.326 e. The Bertz CT molecular complexity index is 502. The SMILES string of the molecule is CC1CCN(C(=O)COc2ccc(Br)cc2)C1C(=O)O. The molecule has 2 rings (SSSR count). The van der Waals surface area contributed by atoms with Crippen LogP contribution in [0.1, 0.15) is 13.3 Å². The normalized spacial score (nSPS) is 21.8. The molecule has 1 amide bonds. The summed E-state index contributed by atoms with van der Waals surface area (Å²) in [6.07, 6.45) is 0.709. The lowest BCUT2D eigenvalue weighted by molar-refractivity contribution is -0.150. The fourth-order valence-electron chi connectivity index (χ4n) is 2.36. The third kappa shape index (κ3) is 3.30. The lowest BCUT2D eigenvalue weighted by Gasteiger charge is -2.23. The first-order valence-electron chi connectivity index (χ1n) is 6.39. The first kappa shape index (κ1) is 14.8. The van der Waals surface area contributed by atoms with Crippen LogP contribution in [0.4, 0.5) is 0 Å². The van der Waals surface area contributed by atoms with Crippen molar-refractivity contribution in [2.24, 2.45) is 5.92 Å². The van der Waals surface area contributed by atoms with E-state index >= 15 is 0 Å². The lowest BCUT2D eigenvalue weighted by atomic mass is 10.0. The van der Waals surface area contributed by atoms with Crippen molar-refractivity contribution in [2.45, 2.75) is 19.4 Å². The molecule has 1 aliphatic heterocycles. The molecule has 2 unspecified atom stereocenters. The van der Waals surface area contributed by atoms with Crippen LogP contribution in [0.2, 0.25) is 0 Å². The Morgan fingerprint density at radius 3 is 2.65 bits per heavy atom. The standard InChI is InChI=1S/C14H16BrNO4/c1-9-6-7-16(13(9)14(18)19)12(17)8-20-11-4-2-10(15)3-5-11/h2-5,9,13H,6-8H2,1H3,(H,18,19). The molecule has 0 aromatic heterocycles. The molecule has 1 N–H and O–H groups in total. The monoisotopic (exact) mass is 341 g/mol. The average Bonchev–Trinajstić information content (AvgIpc) is 2.80. The van der Waals surface area contributed by atoms with Gasteiger partial charge in [-0.05, 0) is 36.6 Å². The summed E-state index contributed by atoms with van der Waals surface area (Å²) in [6, 6.07) is 6.39. The van der Waals surface area contributed by atoms with Gasteiger partial charge in [-0.1, -0.05) is 22.9 Å². The molecule has 6 heteroatoms. The summed E-state index contributed by atoms with van der Waals surface area (Å²) in [6.45, 7) is 2.18. The molecular weight excluding hydrogens is 326 g/mol. The molecule has 1 aromatic carbocycles. The number of ether oxygens (including phenoxy) is 1. The molecule has 0 saturated carbocycles. The molecule has 1 saturated heterocycles. The topological polar surface area (TPSA) is 66.8 Å². The summed E-state index contributed by atoms with van der Waals surface area (Å²) >= 11 is 3.31. The first-order valence-corrected chi connectivity index (χ1v) is 7.19. The van der Waals surface area contributed by atoms with Gasteiger partial charge in [0.15, 0.2) is 6.61 Å². The van der Waals surface area contributed by atoms with Crippen LogP contribution in [0.15, 0.2) is 28.7 Å². The number of aliphatic carboxylic acids is 1. The number of hydrogen-bond acceptors (Lipinski definition) is 3. The Morgan fingerprint density at radius 1 is 1.40 bits per heavy atom. The van der Waals surface area contributed by atoms with E-state index in [1.54, 1.807) is 12.1 Å². The van der Waals surface area contributed by atoms with Crippen molar-refractivity contribution in [2.75, 3.05) is 13.2 Å². The zero-order valence-electron chi connectivity index (χ0n) is 11.1. The fraction of sp³-hybridized carbons (Fsp3) is 0.429. The molecule has 1 aromatic rings. The smallest absolute Gasteiger partial charge is 0.326 e. The Balaban J connectivity index is 1.94. The average molecular weight is 342 g/mol. The van der Waals surface area contributed by atoms with Crippen molar-refractivity contribution in [1.29, 1.82) is 0 Å². The van der Waals surface area contributed by atoms with Gasteiger partial charge in [-0.2, -0.15) is 0 Å². The van der Waals surface area contributed by atoms with Crippen molar-refractivity contribution in [3.8, 4) is 5.75 Å². The van der Waals surface area contributed by atoms with Crippen molar-refractivity contribution in [3.63, 3.8) is 0 Å². The summed E-state index contributed by atoms with van der Waals surface area (Å²) < 4.78 is 6.32. The van der Waals surface area contributed by atoms with E-state index in [1.165, 1.54) is 4.90 Å². The second-order valence-electron chi connectivity index (χ2n) is 4.88. The van der Waals surface area contributed by atoms with Crippen LogP contribution >= 0.6 is 15.9 Å². The number of carboxylic acid groups (broad SMARTS) is 1. The van der Waals surface area contributed by atoms with Gasteiger partial charge in [0.25, 0.3) is 5.91 Å². The van der Waals surface area contributed by atoms with Crippen LogP contribution in [-0.2, 0) is 9.59 Å². The van der Waals surface area contributed by atoms with Crippen LogP contribution in [0.5, 0.6) is 5.75 Å². The molecule has 1 heterocycles. The van der Waals surface area contributed by atoms with Crippen LogP contribution in [0.25, 0.3) is 0 Å². The van der Waals surface area contributed by atoms with Gasteiger partial charge < -0.3 is 14.7 Å². The molecule has 1 fully saturated rings. The lowest BCUT2D eigenvalue weighted by Crippen LogP contribution is -2.44. The van der Waals surface area contributed by atoms with E-state index in [1.807, 2.05) is 19.1 Å². The second-order valence-corrected chi connectivity index (χ2v) is 5.79. The molecule has 108 valence electrons. The minimum atomic E-state index is -0.952. The van der Waals surface area contributed by atoms with Gasteiger partial charge in [-0.3, -0.25) is 4.79 Å². The maximum absolute atomic E-state index is 12.1. The number of likely N-dealkylation sites (tertiary alicyclic amines) is 1. The van der Waals surface area contributed by atoms with E-state index in [0.717, 1.165) is 4.47 Å². The van der Waals surface area contributed by atoms with Gasteiger partial charge in [0.05, 0.1) is 0 Å². The number of benzene rings is 1. The zero-order chi connectivity index (χ0) is 14.7. The van der Waals surface area contributed by atoms with E-state index in [0.29, 0.717) is 18.7 Å². The number of carbonyl (C=O) groups is 2. The summed E-state index contributed by atoms with van der Waals surface area (Å²) in [5.74, 6) is -0.679. The summed E-state index contributed by atoms with van der Waals surface area (Å²) in [5, 5.41) is 9.18. The summed E-state index contributed by atoms with van der Waals surface area (Å²) in [4.78, 5) is 24.7. The van der Waals surface area contributed by atoms with Gasteiger partial charge in [0, 0.05) is 11.0 Å². The Hall–Kier alpha value is -1.56. The zero-order valence-corrected chi connectivity index (χ0v) is 12.7. The van der Waals surface area contributed by atoms with Crippen molar-refractivity contribution in [3.05, 3.63) is 28.7 Å². The highest BCUT2D eigenvalue weighted by atomic mass is 79.9. The van der Waals surface area contributed by atoms with Crippen molar-refractivity contribution >= 4 is 27.8 Å². The predicted molar refractivity (Wildman–Crippen MR) is 76.6 cm³/mol. The summed E-state index contributed by atoms with van der Waals surface area (Å²) in [7, 11) is 0. The minimum Gasteiger partial charge on any atom is -0.484 e. The first-order chi connectivity index (χ1) is 9.49. The minimum absolute atomic E-state index is 0.0240. The number of amides is 1. The van der Waals surface area contributed by atoms with Gasteiger partial charge >= 0.3 is 5.97 Å². The van der Waals surface area contributed by atoms with E-state index < -0.39 is 12.0 Å². The van der Waals surface area contributed by atoms with Crippen LogP contribution in [0.3, 0.4) is 0 Å². The third-order valence-corrected chi connectivity index (χ3v) is 3.98. The quantitative estimate of drug-likeness (QED) is 0.911. The molecule has 0 radical (unpaired) electrons. The predicted octanol–water partition coefficient (Wildman–Crippen LogP) is 2.15. The highest BCUT2D eigenvalue weighted by Gasteiger charge is 2.39. The number of halogens is 1. The molecule has 0 spiro atoms. The molecule has 1 aliphatic rings. The van der Waals surface area contributed by atoms with Crippen molar-refractivity contribution < 1.29 is 19.4 Å². The molecular formula is C14H16BrNO4. The Kier molecular flexibility index (Phi) is 4.65. The summed E-state index contributed by atoms with van der Waals surface area (Å²) in [5.41, 5.74) is 0. The number of carbonyl (C=O) groups excluding carboxylic acids is 1. The van der Waals surface area contributed by atoms with Crippen molar-refractivity contribution in [1.82, 2.24) is 4.90 Å². The molecule has 0 bridgehead atoms. The van der Waals surface area contributed by atoms with E-state index in [9.17, 15) is 14.7 Å². The highest BCUT2D eigenvalue weighted by Crippen LogP contribution is 2.24. The largest absolute Gasteiger partial charge is 0.484 e. The number of hydrogen-bond donors (Lipinski definition) is 1. The van der Waals surface area contributed by atoms with Crippen LogP contribution in [0, 0.1) is 5.92 Å². The van der Waals surface area contributed by atoms with E-state index in [4.69, 9.17) is 4.74 Å². The van der Waals surface area contributed by atoms with Gasteiger partial charge in [-0.25, -0.2) is 4.79 Å². The van der Waals surface area contributed by atoms with Gasteiger partial charge in [0.1, 0.15) is 11.8 Å². The van der Waals surface area contributed by atoms with E-state index in [2.05, 4.69) is 15.9 Å². The van der Waals surface area contributed by atoms with Crippen LogP contribution < -0.4 is 4.74 Å². The third-order valence-electron chi connectivity index (χ3n) is 3.45. The molecule has 2 atom stereocenters. The number of nitrogens with zero attached hydrogens (tertiary/aromatic N) is 1. The molecule has 0 aliphatic carbocycles. The van der Waals surface area contributed by atoms with Crippen LogP contribution in [-0.4, -0.2) is 41.1 Å². The maximum atomic E-state index is 12.1. The molecule has 5 nitrogen and oxygen atoms in total. The highest BCUT2D eigenvalue weighted by molar-refractivity contribution is 9.10. The fourth-order valence-corrected chi connectivity index (χ4v) is 2.63. The van der Waals surface area contributed by atoms with Gasteiger partial charge in [0.2, 0.25) is 0 Å². The Morgan fingerprint density at radius 2 is 2.05 bits per heavy atom. The number of carboxylic acids is 1. The molecule has 20 heavy (non-hydrogen) atoms.